The molecule has 2 nitrogen and oxygen atoms in total. The Labute approximate surface area is 109 Å². The molecule has 0 amide bonds. The zero-order chi connectivity index (χ0) is 14.0. The Hall–Kier alpha value is -1.10. The molecule has 1 rings (SSSR count). The lowest BCUT2D eigenvalue weighted by molar-refractivity contribution is -0.274. The highest BCUT2D eigenvalue weighted by Gasteiger charge is 2.32. The van der Waals surface area contributed by atoms with E-state index in [4.69, 9.17) is 16.3 Å². The number of benzene rings is 1. The summed E-state index contributed by atoms with van der Waals surface area (Å²) in [5, 5.41) is -0.140. The summed E-state index contributed by atoms with van der Waals surface area (Å²) >= 11 is 5.68. The molecule has 0 aliphatic rings. The summed E-state index contributed by atoms with van der Waals surface area (Å²) in [6.07, 6.45) is -4.75. The zero-order valence-corrected chi connectivity index (χ0v) is 11.0. The predicted octanol–water partition coefficient (Wildman–Crippen LogP) is 4.66. The van der Waals surface area contributed by atoms with Crippen LogP contribution in [-0.2, 0) is 0 Å². The molecule has 1 aromatic carbocycles. The summed E-state index contributed by atoms with van der Waals surface area (Å²) < 4.78 is 45.2. The zero-order valence-electron chi connectivity index (χ0n) is 10.3. The summed E-state index contributed by atoms with van der Waals surface area (Å²) in [6.45, 7) is 6.38. The molecule has 0 aromatic heterocycles. The molecular formula is C12H14ClF3O2. The second-order valence-electron chi connectivity index (χ2n) is 4.99. The molecule has 0 fully saturated rings. The van der Waals surface area contributed by atoms with E-state index in [0.29, 0.717) is 12.4 Å². The van der Waals surface area contributed by atoms with Gasteiger partial charge < -0.3 is 9.47 Å². The number of ether oxygens (including phenoxy) is 2. The van der Waals surface area contributed by atoms with Gasteiger partial charge in [-0.15, -0.1) is 13.2 Å². The lowest BCUT2D eigenvalue weighted by Gasteiger charge is -2.19. The van der Waals surface area contributed by atoms with Gasteiger partial charge >= 0.3 is 6.36 Å². The van der Waals surface area contributed by atoms with Crippen molar-refractivity contribution in [3.8, 4) is 11.5 Å². The number of rotatable bonds is 3. The van der Waals surface area contributed by atoms with Crippen LogP contribution < -0.4 is 9.47 Å². The lowest BCUT2D eigenvalue weighted by Crippen LogP contribution is -2.18. The summed E-state index contributed by atoms with van der Waals surface area (Å²) in [5.74, 6) is -0.0308. The van der Waals surface area contributed by atoms with Crippen LogP contribution >= 0.6 is 11.6 Å². The Kier molecular flexibility index (Phi) is 4.37. The van der Waals surface area contributed by atoms with Crippen molar-refractivity contribution in [3.05, 3.63) is 23.2 Å². The van der Waals surface area contributed by atoms with Crippen LogP contribution in [0, 0.1) is 5.41 Å². The van der Waals surface area contributed by atoms with E-state index in [1.165, 1.54) is 12.1 Å². The van der Waals surface area contributed by atoms with Crippen LogP contribution in [0.4, 0.5) is 13.2 Å². The van der Waals surface area contributed by atoms with E-state index in [0.717, 1.165) is 6.07 Å². The standard InChI is InChI=1S/C12H14ClF3O2/c1-11(2,3)7-17-8-4-5-10(9(13)6-8)18-12(14,15)16/h4-6H,7H2,1-3H3. The lowest BCUT2D eigenvalue weighted by atomic mass is 9.99. The van der Waals surface area contributed by atoms with Crippen molar-refractivity contribution in [1.29, 1.82) is 0 Å². The van der Waals surface area contributed by atoms with Crippen molar-refractivity contribution in [1.82, 2.24) is 0 Å². The summed E-state index contributed by atoms with van der Waals surface area (Å²) in [7, 11) is 0. The van der Waals surface area contributed by atoms with Crippen molar-refractivity contribution in [2.75, 3.05) is 6.61 Å². The van der Waals surface area contributed by atoms with E-state index in [-0.39, 0.29) is 10.4 Å². The number of alkyl halides is 3. The SMILES string of the molecule is CC(C)(C)COc1ccc(OC(F)(F)F)c(Cl)c1. The van der Waals surface area contributed by atoms with Gasteiger partial charge in [0.2, 0.25) is 0 Å². The molecule has 0 N–H and O–H groups in total. The van der Waals surface area contributed by atoms with Crippen molar-refractivity contribution in [2.24, 2.45) is 5.41 Å². The fourth-order valence-electron chi connectivity index (χ4n) is 1.08. The third-order valence-corrected chi connectivity index (χ3v) is 2.10. The van der Waals surface area contributed by atoms with Crippen LogP contribution in [-0.4, -0.2) is 13.0 Å². The van der Waals surface area contributed by atoms with Gasteiger partial charge in [0.05, 0.1) is 11.6 Å². The average Bonchev–Trinajstić information content (AvgIpc) is 2.15. The smallest absolute Gasteiger partial charge is 0.493 e. The highest BCUT2D eigenvalue weighted by atomic mass is 35.5. The molecule has 0 unspecified atom stereocenters. The predicted molar refractivity (Wildman–Crippen MR) is 63.1 cm³/mol. The maximum atomic E-state index is 12.0. The van der Waals surface area contributed by atoms with E-state index in [2.05, 4.69) is 4.74 Å². The molecule has 0 aliphatic heterocycles. The van der Waals surface area contributed by atoms with Crippen LogP contribution in [0.15, 0.2) is 18.2 Å². The van der Waals surface area contributed by atoms with Crippen LogP contribution in [0.2, 0.25) is 5.02 Å². The minimum atomic E-state index is -4.75. The van der Waals surface area contributed by atoms with Gasteiger partial charge in [0, 0.05) is 6.07 Å². The minimum Gasteiger partial charge on any atom is -0.493 e. The second-order valence-corrected chi connectivity index (χ2v) is 5.40. The highest BCUT2D eigenvalue weighted by Crippen LogP contribution is 2.33. The fraction of sp³-hybridized carbons (Fsp3) is 0.500. The van der Waals surface area contributed by atoms with Gasteiger partial charge in [-0.3, -0.25) is 0 Å². The van der Waals surface area contributed by atoms with Gasteiger partial charge in [0.25, 0.3) is 0 Å². The van der Waals surface area contributed by atoms with Gasteiger partial charge in [0.1, 0.15) is 11.5 Å². The molecule has 0 spiro atoms. The fourth-order valence-corrected chi connectivity index (χ4v) is 1.29. The van der Waals surface area contributed by atoms with E-state index in [9.17, 15) is 13.2 Å². The van der Waals surface area contributed by atoms with Crippen molar-refractivity contribution in [2.45, 2.75) is 27.1 Å². The van der Waals surface area contributed by atoms with E-state index >= 15 is 0 Å². The van der Waals surface area contributed by atoms with Gasteiger partial charge in [-0.1, -0.05) is 32.4 Å². The van der Waals surface area contributed by atoms with Crippen molar-refractivity contribution in [3.63, 3.8) is 0 Å². The Bertz CT molecular complexity index is 411. The van der Waals surface area contributed by atoms with Crippen LogP contribution in [0.1, 0.15) is 20.8 Å². The summed E-state index contributed by atoms with van der Waals surface area (Å²) in [6, 6.07) is 3.82. The van der Waals surface area contributed by atoms with E-state index in [1.54, 1.807) is 0 Å². The van der Waals surface area contributed by atoms with E-state index in [1.807, 2.05) is 20.8 Å². The van der Waals surface area contributed by atoms with Crippen LogP contribution in [0.3, 0.4) is 0 Å². The molecule has 0 saturated heterocycles. The number of halogens is 4. The van der Waals surface area contributed by atoms with Crippen LogP contribution in [0.25, 0.3) is 0 Å². The minimum absolute atomic E-state index is 0.0480. The molecular weight excluding hydrogens is 269 g/mol. The Morgan fingerprint density at radius 3 is 2.22 bits per heavy atom. The Morgan fingerprint density at radius 2 is 1.78 bits per heavy atom. The molecule has 102 valence electrons. The first-order chi connectivity index (χ1) is 8.07. The first-order valence-corrected chi connectivity index (χ1v) is 5.63. The van der Waals surface area contributed by atoms with Gasteiger partial charge in [-0.05, 0) is 17.5 Å². The third kappa shape index (κ3) is 5.49. The monoisotopic (exact) mass is 282 g/mol. The van der Waals surface area contributed by atoms with Gasteiger partial charge in [-0.25, -0.2) is 0 Å². The van der Waals surface area contributed by atoms with Crippen molar-refractivity contribution < 1.29 is 22.6 Å². The quantitative estimate of drug-likeness (QED) is 0.802. The first kappa shape index (κ1) is 15.0. The molecule has 0 aliphatic carbocycles. The second kappa shape index (κ2) is 5.26. The Balaban J connectivity index is 2.74. The molecule has 6 heteroatoms. The largest absolute Gasteiger partial charge is 0.573 e. The van der Waals surface area contributed by atoms with Gasteiger partial charge in [-0.2, -0.15) is 0 Å². The van der Waals surface area contributed by atoms with Gasteiger partial charge in [0.15, 0.2) is 0 Å². The first-order valence-electron chi connectivity index (χ1n) is 5.25. The number of hydrogen-bond acceptors (Lipinski definition) is 2. The Morgan fingerprint density at radius 1 is 1.17 bits per heavy atom. The molecule has 0 bridgehead atoms. The maximum absolute atomic E-state index is 12.0. The molecule has 0 heterocycles. The summed E-state index contributed by atoms with van der Waals surface area (Å²) in [4.78, 5) is 0. The normalized spacial score (nSPS) is 12.4. The highest BCUT2D eigenvalue weighted by molar-refractivity contribution is 6.32. The third-order valence-electron chi connectivity index (χ3n) is 1.80. The summed E-state index contributed by atoms with van der Waals surface area (Å²) in [5.41, 5.74) is -0.0480. The van der Waals surface area contributed by atoms with E-state index < -0.39 is 12.1 Å². The molecule has 0 radical (unpaired) electrons. The molecule has 0 atom stereocenters. The topological polar surface area (TPSA) is 18.5 Å². The molecule has 18 heavy (non-hydrogen) atoms. The molecule has 0 saturated carbocycles. The maximum Gasteiger partial charge on any atom is 0.573 e. The number of hydrogen-bond donors (Lipinski definition) is 0. The van der Waals surface area contributed by atoms with Crippen LogP contribution in [0.5, 0.6) is 11.5 Å². The average molecular weight is 283 g/mol. The van der Waals surface area contributed by atoms with Crippen molar-refractivity contribution >= 4 is 11.6 Å². The molecule has 1 aromatic rings.